The summed E-state index contributed by atoms with van der Waals surface area (Å²) in [7, 11) is 0. The molecule has 0 aliphatic carbocycles. The molecule has 0 amide bonds. The van der Waals surface area contributed by atoms with Gasteiger partial charge in [-0.1, -0.05) is 60.2 Å². The van der Waals surface area contributed by atoms with Crippen LogP contribution in [-0.4, -0.2) is 54.5 Å². The first-order valence-corrected chi connectivity index (χ1v) is 12.1. The maximum atomic E-state index is 10.9. The van der Waals surface area contributed by atoms with E-state index in [4.69, 9.17) is 14.9 Å². The number of benzene rings is 2. The Labute approximate surface area is 200 Å². The zero-order valence-electron chi connectivity index (χ0n) is 19.3. The van der Waals surface area contributed by atoms with E-state index in [1.807, 2.05) is 11.1 Å². The Bertz CT molecular complexity index is 1060. The van der Waals surface area contributed by atoms with Gasteiger partial charge in [0.2, 0.25) is 0 Å². The summed E-state index contributed by atoms with van der Waals surface area (Å²) in [6.45, 7) is 2.67. The molecule has 2 fully saturated rings. The fourth-order valence-electron chi connectivity index (χ4n) is 5.01. The van der Waals surface area contributed by atoms with Crippen LogP contribution in [0, 0.1) is 0 Å². The van der Waals surface area contributed by atoms with Crippen LogP contribution in [0.4, 0.5) is 0 Å². The molecule has 3 N–H and O–H groups in total. The van der Waals surface area contributed by atoms with Crippen molar-refractivity contribution in [3.8, 4) is 0 Å². The molecule has 2 aromatic carbocycles. The fourth-order valence-corrected chi connectivity index (χ4v) is 5.01. The second-order valence-electron chi connectivity index (χ2n) is 9.31. The Morgan fingerprint density at radius 3 is 2.71 bits per heavy atom. The van der Waals surface area contributed by atoms with Gasteiger partial charge in [-0.2, -0.15) is 5.48 Å². The summed E-state index contributed by atoms with van der Waals surface area (Å²) < 4.78 is 0. The van der Waals surface area contributed by atoms with Crippen LogP contribution in [0.2, 0.25) is 0 Å². The van der Waals surface area contributed by atoms with Crippen LogP contribution in [-0.2, 0) is 16.1 Å². The average Bonchev–Trinajstić information content (AvgIpc) is 3.32. The van der Waals surface area contributed by atoms with Gasteiger partial charge in [0, 0.05) is 32.3 Å². The molecule has 3 aliphatic heterocycles. The van der Waals surface area contributed by atoms with Crippen molar-refractivity contribution < 1.29 is 14.7 Å². The molecule has 0 aromatic heterocycles. The van der Waals surface area contributed by atoms with Gasteiger partial charge in [-0.15, -0.1) is 0 Å². The van der Waals surface area contributed by atoms with E-state index >= 15 is 0 Å². The quantitative estimate of drug-likeness (QED) is 0.453. The Morgan fingerprint density at radius 2 is 1.91 bits per heavy atom. The zero-order chi connectivity index (χ0) is 23.3. The highest BCUT2D eigenvalue weighted by atomic mass is 16.7. The van der Waals surface area contributed by atoms with Gasteiger partial charge in [-0.25, -0.2) is 0 Å². The number of aliphatic imine (C=N–C) groups is 1. The number of nitrogens with zero attached hydrogens (tertiary/aromatic N) is 2. The third-order valence-corrected chi connectivity index (χ3v) is 6.90. The molecule has 178 valence electrons. The van der Waals surface area contributed by atoms with E-state index in [0.717, 1.165) is 50.9 Å². The number of fused-ring (bicyclic) bond motifs is 1. The molecule has 2 aromatic rings. The lowest BCUT2D eigenvalue weighted by Crippen LogP contribution is -2.35. The van der Waals surface area contributed by atoms with Crippen LogP contribution < -0.4 is 10.8 Å². The molecule has 2 saturated heterocycles. The summed E-state index contributed by atoms with van der Waals surface area (Å²) >= 11 is 0. The smallest absolute Gasteiger partial charge is 0.317 e. The highest BCUT2D eigenvalue weighted by molar-refractivity contribution is 5.79. The van der Waals surface area contributed by atoms with Crippen LogP contribution >= 0.6 is 0 Å². The van der Waals surface area contributed by atoms with Crippen LogP contribution in [0.25, 0.3) is 0 Å². The molecule has 3 aliphatic rings. The van der Waals surface area contributed by atoms with Gasteiger partial charge < -0.3 is 5.11 Å². The van der Waals surface area contributed by atoms with Crippen LogP contribution in [0.15, 0.2) is 65.2 Å². The van der Waals surface area contributed by atoms with E-state index in [0.29, 0.717) is 0 Å². The number of hydrogen-bond donors (Lipinski definition) is 3. The van der Waals surface area contributed by atoms with Crippen LogP contribution in [0.1, 0.15) is 53.7 Å². The minimum Gasteiger partial charge on any atom is -0.480 e. The molecule has 5 rings (SSSR count). The number of piperidine rings is 1. The topological polar surface area (TPSA) is 86.2 Å². The summed E-state index contributed by atoms with van der Waals surface area (Å²) in [6, 6.07) is 17.2. The van der Waals surface area contributed by atoms with Crippen molar-refractivity contribution in [3.05, 3.63) is 82.4 Å². The van der Waals surface area contributed by atoms with Crippen molar-refractivity contribution >= 4 is 12.2 Å². The first kappa shape index (κ1) is 22.9. The molecule has 3 unspecified atom stereocenters. The summed E-state index contributed by atoms with van der Waals surface area (Å²) in [5.41, 5.74) is 9.47. The van der Waals surface area contributed by atoms with Gasteiger partial charge >= 0.3 is 5.97 Å². The second-order valence-corrected chi connectivity index (χ2v) is 9.31. The van der Waals surface area contributed by atoms with Crippen molar-refractivity contribution in [2.75, 3.05) is 26.2 Å². The minimum atomic E-state index is -0.758. The largest absolute Gasteiger partial charge is 0.480 e. The maximum Gasteiger partial charge on any atom is 0.317 e. The van der Waals surface area contributed by atoms with E-state index in [1.54, 1.807) is 0 Å². The van der Waals surface area contributed by atoms with Crippen molar-refractivity contribution in [2.45, 2.75) is 44.0 Å². The first-order valence-electron chi connectivity index (χ1n) is 12.1. The summed E-state index contributed by atoms with van der Waals surface area (Å²) in [5, 5.41) is 12.4. The number of likely N-dealkylation sites (tertiary alicyclic amines) is 1. The lowest BCUT2D eigenvalue weighted by molar-refractivity contribution is -0.138. The number of carbonyl (C=O) groups is 1. The standard InChI is InChI=1S/C27H32N4O3/c32-26(33)18-31-13-10-19(11-14-31)15-23-16-25(30-34-23)22-7-5-20(6-8-22)17-29-27-24-4-2-1-3-21(24)9-12-28-27/h1-8,15,17,23,25,27-28,30H,9-14,16,18H2,(H,32,33). The van der Waals surface area contributed by atoms with Gasteiger partial charge in [-0.3, -0.25) is 24.8 Å². The molecule has 3 heterocycles. The molecule has 3 atom stereocenters. The van der Waals surface area contributed by atoms with Crippen molar-refractivity contribution in [2.24, 2.45) is 4.99 Å². The van der Waals surface area contributed by atoms with E-state index in [-0.39, 0.29) is 24.9 Å². The van der Waals surface area contributed by atoms with Crippen molar-refractivity contribution in [1.29, 1.82) is 0 Å². The number of aliphatic carboxylic acids is 1. The zero-order valence-corrected chi connectivity index (χ0v) is 19.3. The average molecular weight is 461 g/mol. The number of hydrogen-bond acceptors (Lipinski definition) is 6. The molecule has 0 radical (unpaired) electrons. The number of rotatable bonds is 6. The lowest BCUT2D eigenvalue weighted by atomic mass is 9.97. The van der Waals surface area contributed by atoms with E-state index in [1.165, 1.54) is 22.3 Å². The van der Waals surface area contributed by atoms with Gasteiger partial charge in [-0.05, 0) is 41.5 Å². The minimum absolute atomic E-state index is 0.0133. The van der Waals surface area contributed by atoms with Gasteiger partial charge in [0.1, 0.15) is 6.17 Å². The van der Waals surface area contributed by atoms with Gasteiger partial charge in [0.25, 0.3) is 0 Å². The van der Waals surface area contributed by atoms with E-state index in [2.05, 4.69) is 65.4 Å². The summed E-state index contributed by atoms with van der Waals surface area (Å²) in [5.74, 6) is -0.758. The molecule has 0 spiro atoms. The highest BCUT2D eigenvalue weighted by Gasteiger charge is 2.26. The number of nitrogens with one attached hydrogen (secondary N) is 2. The van der Waals surface area contributed by atoms with E-state index in [9.17, 15) is 4.79 Å². The van der Waals surface area contributed by atoms with E-state index < -0.39 is 5.97 Å². The van der Waals surface area contributed by atoms with Gasteiger partial charge in [0.05, 0.1) is 18.7 Å². The normalized spacial score (nSPS) is 25.4. The number of carboxylic acids is 1. The third-order valence-electron chi connectivity index (χ3n) is 6.90. The Balaban J connectivity index is 1.15. The number of carboxylic acid groups (broad SMARTS) is 1. The van der Waals surface area contributed by atoms with Crippen LogP contribution in [0.5, 0.6) is 0 Å². The second kappa shape index (κ2) is 10.6. The third kappa shape index (κ3) is 5.62. The highest BCUT2D eigenvalue weighted by Crippen LogP contribution is 2.28. The predicted octanol–water partition coefficient (Wildman–Crippen LogP) is 3.39. The Kier molecular flexibility index (Phi) is 7.16. The molecule has 34 heavy (non-hydrogen) atoms. The van der Waals surface area contributed by atoms with Crippen molar-refractivity contribution in [1.82, 2.24) is 15.7 Å². The number of hydroxylamine groups is 1. The fraction of sp³-hybridized carbons (Fsp3) is 0.407. The van der Waals surface area contributed by atoms with Gasteiger partial charge in [0.15, 0.2) is 0 Å². The predicted molar refractivity (Wildman–Crippen MR) is 132 cm³/mol. The molecule has 0 bridgehead atoms. The lowest BCUT2D eigenvalue weighted by Gasteiger charge is -2.27. The monoisotopic (exact) mass is 460 g/mol. The molecular formula is C27H32N4O3. The van der Waals surface area contributed by atoms with Crippen LogP contribution in [0.3, 0.4) is 0 Å². The summed E-state index contributed by atoms with van der Waals surface area (Å²) in [6.07, 6.45) is 7.99. The van der Waals surface area contributed by atoms with Crippen molar-refractivity contribution in [3.63, 3.8) is 0 Å². The maximum absolute atomic E-state index is 10.9. The molecule has 7 nitrogen and oxygen atoms in total. The Hall–Kier alpha value is -2.84. The molecule has 0 saturated carbocycles. The summed E-state index contributed by atoms with van der Waals surface area (Å²) in [4.78, 5) is 23.5. The molecular weight excluding hydrogens is 428 g/mol. The SMILES string of the molecule is O=C(O)CN1CCC(=CC2CC(c3ccc(C=NC4NCCc5ccccc54)cc3)NO2)CC1. The first-order chi connectivity index (χ1) is 16.6. The Morgan fingerprint density at radius 1 is 1.12 bits per heavy atom. The molecule has 7 heteroatoms.